The van der Waals surface area contributed by atoms with Gasteiger partial charge in [-0.25, -0.2) is 0 Å². The molecular formula is C11H22N2. The second kappa shape index (κ2) is 4.12. The first-order chi connectivity index (χ1) is 5.99. The third-order valence-electron chi connectivity index (χ3n) is 2.51. The largest absolute Gasteiger partial charge is 0.387 e. The van der Waals surface area contributed by atoms with Crippen molar-refractivity contribution >= 4 is 5.84 Å². The molecule has 0 radical (unpaired) electrons. The third kappa shape index (κ3) is 3.79. The maximum atomic E-state index is 5.94. The van der Waals surface area contributed by atoms with Crippen molar-refractivity contribution in [3.05, 3.63) is 0 Å². The lowest BCUT2D eigenvalue weighted by Crippen LogP contribution is -2.23. The van der Waals surface area contributed by atoms with Crippen molar-refractivity contribution in [1.82, 2.24) is 0 Å². The van der Waals surface area contributed by atoms with E-state index in [4.69, 9.17) is 5.73 Å². The Morgan fingerprint density at radius 1 is 1.31 bits per heavy atom. The van der Waals surface area contributed by atoms with Gasteiger partial charge in [0.05, 0.1) is 5.84 Å². The van der Waals surface area contributed by atoms with Gasteiger partial charge < -0.3 is 5.73 Å². The first-order valence-corrected chi connectivity index (χ1v) is 5.29. The van der Waals surface area contributed by atoms with Crippen LogP contribution in [0.4, 0.5) is 0 Å². The number of rotatable bonds is 2. The highest BCUT2D eigenvalue weighted by atomic mass is 14.9. The quantitative estimate of drug-likeness (QED) is 0.517. The molecule has 1 rings (SSSR count). The SMILES string of the molecule is CC(C)(C)CN=C(N)C1CCCC1. The molecule has 76 valence electrons. The van der Waals surface area contributed by atoms with E-state index in [-0.39, 0.29) is 5.41 Å². The maximum Gasteiger partial charge on any atom is 0.0968 e. The van der Waals surface area contributed by atoms with Gasteiger partial charge in [-0.15, -0.1) is 0 Å². The zero-order valence-electron chi connectivity index (χ0n) is 9.14. The lowest BCUT2D eigenvalue weighted by Gasteiger charge is -2.16. The molecule has 13 heavy (non-hydrogen) atoms. The molecule has 2 nitrogen and oxygen atoms in total. The molecule has 0 amide bonds. The fraction of sp³-hybridized carbons (Fsp3) is 0.909. The maximum absolute atomic E-state index is 5.94. The molecule has 1 saturated carbocycles. The standard InChI is InChI=1S/C11H22N2/c1-11(2,3)8-13-10(12)9-6-4-5-7-9/h9H,4-8H2,1-3H3,(H2,12,13). The lowest BCUT2D eigenvalue weighted by atomic mass is 9.97. The Hall–Kier alpha value is -0.530. The summed E-state index contributed by atoms with van der Waals surface area (Å²) < 4.78 is 0. The average Bonchev–Trinajstić information content (AvgIpc) is 2.50. The molecule has 0 saturated heterocycles. The minimum Gasteiger partial charge on any atom is -0.387 e. The van der Waals surface area contributed by atoms with Gasteiger partial charge in [0, 0.05) is 12.5 Å². The van der Waals surface area contributed by atoms with E-state index in [1.165, 1.54) is 25.7 Å². The Balaban J connectivity index is 2.41. The second-order valence-corrected chi connectivity index (χ2v) is 5.28. The van der Waals surface area contributed by atoms with E-state index in [1.807, 2.05) is 0 Å². The van der Waals surface area contributed by atoms with Crippen LogP contribution in [0.5, 0.6) is 0 Å². The first-order valence-electron chi connectivity index (χ1n) is 5.29. The van der Waals surface area contributed by atoms with Crippen molar-refractivity contribution < 1.29 is 0 Å². The van der Waals surface area contributed by atoms with Crippen LogP contribution in [0.3, 0.4) is 0 Å². The molecule has 0 aromatic carbocycles. The first kappa shape index (κ1) is 10.6. The molecular weight excluding hydrogens is 160 g/mol. The van der Waals surface area contributed by atoms with Crippen molar-refractivity contribution in [2.24, 2.45) is 22.1 Å². The summed E-state index contributed by atoms with van der Waals surface area (Å²) in [5, 5.41) is 0. The van der Waals surface area contributed by atoms with Gasteiger partial charge in [0.2, 0.25) is 0 Å². The lowest BCUT2D eigenvalue weighted by molar-refractivity contribution is 0.428. The van der Waals surface area contributed by atoms with E-state index < -0.39 is 0 Å². The topological polar surface area (TPSA) is 38.4 Å². The monoisotopic (exact) mass is 182 g/mol. The van der Waals surface area contributed by atoms with Gasteiger partial charge in [0.25, 0.3) is 0 Å². The van der Waals surface area contributed by atoms with E-state index in [1.54, 1.807) is 0 Å². The molecule has 0 heterocycles. The molecule has 0 bridgehead atoms. The highest BCUT2D eigenvalue weighted by molar-refractivity contribution is 5.83. The molecule has 0 atom stereocenters. The number of amidine groups is 1. The predicted molar refractivity (Wildman–Crippen MR) is 57.9 cm³/mol. The highest BCUT2D eigenvalue weighted by Crippen LogP contribution is 2.25. The summed E-state index contributed by atoms with van der Waals surface area (Å²) in [6.07, 6.45) is 5.16. The van der Waals surface area contributed by atoms with Gasteiger partial charge in [-0.1, -0.05) is 33.6 Å². The van der Waals surface area contributed by atoms with Gasteiger partial charge >= 0.3 is 0 Å². The van der Waals surface area contributed by atoms with Crippen LogP contribution >= 0.6 is 0 Å². The predicted octanol–water partition coefficient (Wildman–Crippen LogP) is 2.58. The van der Waals surface area contributed by atoms with Crippen LogP contribution in [-0.4, -0.2) is 12.4 Å². The van der Waals surface area contributed by atoms with Gasteiger partial charge in [0.15, 0.2) is 0 Å². The van der Waals surface area contributed by atoms with E-state index in [9.17, 15) is 0 Å². The second-order valence-electron chi connectivity index (χ2n) is 5.28. The summed E-state index contributed by atoms with van der Waals surface area (Å²) in [4.78, 5) is 4.47. The molecule has 2 heteroatoms. The summed E-state index contributed by atoms with van der Waals surface area (Å²) >= 11 is 0. The van der Waals surface area contributed by atoms with E-state index >= 15 is 0 Å². The van der Waals surface area contributed by atoms with Crippen LogP contribution in [0, 0.1) is 11.3 Å². The highest BCUT2D eigenvalue weighted by Gasteiger charge is 2.19. The van der Waals surface area contributed by atoms with Crippen molar-refractivity contribution in [2.45, 2.75) is 46.5 Å². The smallest absolute Gasteiger partial charge is 0.0968 e. The van der Waals surface area contributed by atoms with Crippen LogP contribution in [-0.2, 0) is 0 Å². The number of hydrogen-bond donors (Lipinski definition) is 1. The molecule has 0 aliphatic heterocycles. The zero-order valence-corrected chi connectivity index (χ0v) is 9.14. The summed E-state index contributed by atoms with van der Waals surface area (Å²) in [6.45, 7) is 7.44. The number of hydrogen-bond acceptors (Lipinski definition) is 1. The van der Waals surface area contributed by atoms with Crippen molar-refractivity contribution in [2.75, 3.05) is 6.54 Å². The van der Waals surface area contributed by atoms with E-state index in [2.05, 4.69) is 25.8 Å². The van der Waals surface area contributed by atoms with Crippen LogP contribution in [0.2, 0.25) is 0 Å². The Labute approximate surface area is 81.6 Å². The van der Waals surface area contributed by atoms with E-state index in [0.29, 0.717) is 5.92 Å². The van der Waals surface area contributed by atoms with Gasteiger partial charge in [0.1, 0.15) is 0 Å². The summed E-state index contributed by atoms with van der Waals surface area (Å²) in [5.74, 6) is 1.48. The third-order valence-corrected chi connectivity index (χ3v) is 2.51. The number of nitrogens with two attached hydrogens (primary N) is 1. The summed E-state index contributed by atoms with van der Waals surface area (Å²) in [5.41, 5.74) is 6.20. The Kier molecular flexibility index (Phi) is 3.34. The molecule has 1 aliphatic carbocycles. The molecule has 1 aliphatic rings. The van der Waals surface area contributed by atoms with Gasteiger partial charge in [-0.2, -0.15) is 0 Å². The fourth-order valence-electron chi connectivity index (χ4n) is 1.68. The fourth-order valence-corrected chi connectivity index (χ4v) is 1.68. The van der Waals surface area contributed by atoms with Crippen molar-refractivity contribution in [3.63, 3.8) is 0 Å². The van der Waals surface area contributed by atoms with Crippen LogP contribution in [0.25, 0.3) is 0 Å². The average molecular weight is 182 g/mol. The van der Waals surface area contributed by atoms with Crippen LogP contribution in [0.1, 0.15) is 46.5 Å². The Bertz CT molecular complexity index is 183. The Morgan fingerprint density at radius 3 is 2.31 bits per heavy atom. The molecule has 0 aromatic rings. The minimum absolute atomic E-state index is 0.267. The van der Waals surface area contributed by atoms with Crippen LogP contribution in [0.15, 0.2) is 4.99 Å². The zero-order chi connectivity index (χ0) is 9.90. The molecule has 2 N–H and O–H groups in total. The minimum atomic E-state index is 0.267. The van der Waals surface area contributed by atoms with Gasteiger partial charge in [-0.05, 0) is 18.3 Å². The number of nitrogens with zero attached hydrogens (tertiary/aromatic N) is 1. The van der Waals surface area contributed by atoms with Crippen molar-refractivity contribution in [3.8, 4) is 0 Å². The van der Waals surface area contributed by atoms with E-state index in [0.717, 1.165) is 12.4 Å². The Morgan fingerprint density at radius 2 is 1.85 bits per heavy atom. The molecule has 0 spiro atoms. The van der Waals surface area contributed by atoms with Crippen molar-refractivity contribution in [1.29, 1.82) is 0 Å². The summed E-state index contributed by atoms with van der Waals surface area (Å²) in [7, 11) is 0. The molecule has 0 aromatic heterocycles. The van der Waals surface area contributed by atoms with Crippen LogP contribution < -0.4 is 5.73 Å². The molecule has 1 fully saturated rings. The number of aliphatic imine (C=N–C) groups is 1. The van der Waals surface area contributed by atoms with Gasteiger partial charge in [-0.3, -0.25) is 4.99 Å². The normalized spacial score (nSPS) is 21.0. The molecule has 0 unspecified atom stereocenters. The summed E-state index contributed by atoms with van der Waals surface area (Å²) in [6, 6.07) is 0.